The second-order valence-electron chi connectivity index (χ2n) is 4.16. The Morgan fingerprint density at radius 1 is 1.53 bits per heavy atom. The van der Waals surface area contributed by atoms with Crippen LogP contribution in [0.25, 0.3) is 0 Å². The minimum atomic E-state index is -0.343. The van der Waals surface area contributed by atoms with Crippen LogP contribution in [-0.4, -0.2) is 40.7 Å². The first-order valence-corrected chi connectivity index (χ1v) is 6.62. The van der Waals surface area contributed by atoms with Gasteiger partial charge in [0.25, 0.3) is 5.56 Å². The molecule has 1 aromatic rings. The molecule has 1 amide bonds. The highest BCUT2D eigenvalue weighted by atomic mass is 35.5. The lowest BCUT2D eigenvalue weighted by molar-refractivity contribution is -0.127. The van der Waals surface area contributed by atoms with Crippen LogP contribution in [0.2, 0.25) is 5.02 Å². The number of carbonyl (C=O) groups excluding carboxylic acids is 1. The Morgan fingerprint density at radius 3 is 2.79 bits per heavy atom. The maximum absolute atomic E-state index is 11.8. The Bertz CT molecular complexity index is 501. The molecule has 0 atom stereocenters. The number of amides is 1. The van der Waals surface area contributed by atoms with Gasteiger partial charge in [0.1, 0.15) is 5.02 Å². The third-order valence-electron chi connectivity index (χ3n) is 2.75. The summed E-state index contributed by atoms with van der Waals surface area (Å²) in [5.74, 6) is -0.0729. The fourth-order valence-corrected chi connectivity index (χ4v) is 1.65. The fourth-order valence-electron chi connectivity index (χ4n) is 1.44. The van der Waals surface area contributed by atoms with E-state index in [1.165, 1.54) is 10.9 Å². The van der Waals surface area contributed by atoms with Gasteiger partial charge in [-0.15, -0.1) is 0 Å². The van der Waals surface area contributed by atoms with Crippen LogP contribution in [0.15, 0.2) is 11.0 Å². The highest BCUT2D eigenvalue weighted by Crippen LogP contribution is 2.14. The van der Waals surface area contributed by atoms with Crippen LogP contribution in [0.5, 0.6) is 0 Å². The van der Waals surface area contributed by atoms with E-state index in [9.17, 15) is 9.59 Å². The van der Waals surface area contributed by atoms with Crippen LogP contribution in [-0.2, 0) is 11.3 Å². The summed E-state index contributed by atoms with van der Waals surface area (Å²) in [6.45, 7) is 5.08. The molecule has 0 unspecified atom stereocenters. The minimum Gasteiger partial charge on any atom is -0.373 e. The lowest BCUT2D eigenvalue weighted by Gasteiger charge is -2.15. The molecule has 0 saturated heterocycles. The summed E-state index contributed by atoms with van der Waals surface area (Å²) in [4.78, 5) is 25.1. The van der Waals surface area contributed by atoms with Gasteiger partial charge in [0.05, 0.1) is 18.4 Å². The van der Waals surface area contributed by atoms with Gasteiger partial charge in [-0.2, -0.15) is 5.10 Å². The Kier molecular flexibility index (Phi) is 5.82. The van der Waals surface area contributed by atoms with Gasteiger partial charge in [-0.1, -0.05) is 18.5 Å². The Balaban J connectivity index is 2.78. The number of nitrogens with zero attached hydrogens (tertiary/aromatic N) is 3. The summed E-state index contributed by atoms with van der Waals surface area (Å²) >= 11 is 5.97. The molecule has 0 saturated carbocycles. The van der Waals surface area contributed by atoms with Gasteiger partial charge in [-0.25, -0.2) is 4.68 Å². The van der Waals surface area contributed by atoms with Gasteiger partial charge in [-0.05, 0) is 13.3 Å². The predicted octanol–water partition coefficient (Wildman–Crippen LogP) is 1.20. The summed E-state index contributed by atoms with van der Waals surface area (Å²) in [6.07, 6.45) is 2.27. The molecule has 106 valence electrons. The van der Waals surface area contributed by atoms with Crippen LogP contribution >= 0.6 is 11.6 Å². The number of hydrogen-bond acceptors (Lipinski definition) is 4. The van der Waals surface area contributed by atoms with Gasteiger partial charge < -0.3 is 10.2 Å². The van der Waals surface area contributed by atoms with Gasteiger partial charge in [0.2, 0.25) is 5.91 Å². The van der Waals surface area contributed by atoms with E-state index < -0.39 is 0 Å². The topological polar surface area (TPSA) is 67.2 Å². The maximum Gasteiger partial charge on any atom is 0.287 e. The van der Waals surface area contributed by atoms with Gasteiger partial charge >= 0.3 is 0 Å². The number of aryl methyl sites for hydroxylation is 1. The molecule has 0 bridgehead atoms. The van der Waals surface area contributed by atoms with E-state index >= 15 is 0 Å². The normalized spacial score (nSPS) is 10.3. The van der Waals surface area contributed by atoms with Crippen LogP contribution in [0.3, 0.4) is 0 Å². The number of halogens is 1. The van der Waals surface area contributed by atoms with Crippen molar-refractivity contribution in [2.45, 2.75) is 26.8 Å². The molecule has 0 spiro atoms. The molecule has 1 aromatic heterocycles. The summed E-state index contributed by atoms with van der Waals surface area (Å²) in [7, 11) is 1.71. The molecule has 6 nitrogen and oxygen atoms in total. The van der Waals surface area contributed by atoms with E-state index in [1.807, 2.05) is 13.8 Å². The summed E-state index contributed by atoms with van der Waals surface area (Å²) in [5.41, 5.74) is 0.0432. The van der Waals surface area contributed by atoms with Crippen molar-refractivity contribution >= 4 is 23.2 Å². The van der Waals surface area contributed by atoms with Crippen molar-refractivity contribution < 1.29 is 4.79 Å². The first kappa shape index (κ1) is 15.5. The third-order valence-corrected chi connectivity index (χ3v) is 3.12. The first-order chi connectivity index (χ1) is 9.01. The van der Waals surface area contributed by atoms with Crippen LogP contribution in [0.1, 0.15) is 20.3 Å². The van der Waals surface area contributed by atoms with Crippen molar-refractivity contribution in [3.63, 3.8) is 0 Å². The van der Waals surface area contributed by atoms with E-state index in [0.717, 1.165) is 6.42 Å². The first-order valence-electron chi connectivity index (χ1n) is 6.24. The number of carbonyl (C=O) groups is 1. The van der Waals surface area contributed by atoms with Crippen molar-refractivity contribution in [1.82, 2.24) is 14.7 Å². The highest BCUT2D eigenvalue weighted by molar-refractivity contribution is 6.33. The van der Waals surface area contributed by atoms with Crippen molar-refractivity contribution in [3.8, 4) is 0 Å². The Morgan fingerprint density at radius 2 is 2.21 bits per heavy atom. The van der Waals surface area contributed by atoms with Crippen molar-refractivity contribution in [3.05, 3.63) is 21.6 Å². The quantitative estimate of drug-likeness (QED) is 0.853. The molecular weight excluding hydrogens is 268 g/mol. The molecule has 1 rings (SSSR count). The van der Waals surface area contributed by atoms with Crippen LogP contribution in [0, 0.1) is 0 Å². The highest BCUT2D eigenvalue weighted by Gasteiger charge is 2.11. The molecule has 0 aliphatic carbocycles. The molecule has 0 aromatic carbocycles. The number of aromatic nitrogens is 2. The van der Waals surface area contributed by atoms with Crippen molar-refractivity contribution in [2.24, 2.45) is 0 Å². The Labute approximate surface area is 117 Å². The predicted molar refractivity (Wildman–Crippen MR) is 75.6 cm³/mol. The van der Waals surface area contributed by atoms with Crippen molar-refractivity contribution in [2.75, 3.05) is 25.5 Å². The average molecular weight is 287 g/mol. The summed E-state index contributed by atoms with van der Waals surface area (Å²) in [6, 6.07) is 0. The van der Waals surface area contributed by atoms with Gasteiger partial charge in [-0.3, -0.25) is 9.59 Å². The van der Waals surface area contributed by atoms with Gasteiger partial charge in [0.15, 0.2) is 0 Å². The van der Waals surface area contributed by atoms with Crippen LogP contribution in [0.4, 0.5) is 5.69 Å². The molecular formula is C12H19ClN4O2. The average Bonchev–Trinajstić information content (AvgIpc) is 2.42. The standard InChI is InChI=1S/C12H19ClN4O2/c1-4-6-17-12(19)11(13)9(7-15-17)14-8-10(18)16(3)5-2/h7,14H,4-6,8H2,1-3H3. The summed E-state index contributed by atoms with van der Waals surface area (Å²) < 4.78 is 1.31. The van der Waals surface area contributed by atoms with E-state index in [2.05, 4.69) is 10.4 Å². The van der Waals surface area contributed by atoms with E-state index in [4.69, 9.17) is 11.6 Å². The zero-order chi connectivity index (χ0) is 14.4. The minimum absolute atomic E-state index is 0.0652. The van der Waals surface area contributed by atoms with Gasteiger partial charge in [0, 0.05) is 20.1 Å². The second-order valence-corrected chi connectivity index (χ2v) is 4.54. The number of anilines is 1. The Hall–Kier alpha value is -1.56. The fraction of sp³-hybridized carbons (Fsp3) is 0.583. The molecule has 19 heavy (non-hydrogen) atoms. The zero-order valence-corrected chi connectivity index (χ0v) is 12.2. The number of hydrogen-bond donors (Lipinski definition) is 1. The molecule has 1 N–H and O–H groups in total. The number of likely N-dealkylation sites (N-methyl/N-ethyl adjacent to an activating group) is 1. The number of rotatable bonds is 6. The largest absolute Gasteiger partial charge is 0.373 e. The van der Waals surface area contributed by atoms with E-state index in [-0.39, 0.29) is 23.0 Å². The zero-order valence-electron chi connectivity index (χ0n) is 11.4. The molecule has 7 heteroatoms. The van der Waals surface area contributed by atoms with Crippen LogP contribution < -0.4 is 10.9 Å². The lowest BCUT2D eigenvalue weighted by atomic mass is 10.4. The third kappa shape index (κ3) is 3.96. The summed E-state index contributed by atoms with van der Waals surface area (Å²) in [5, 5.41) is 6.91. The molecule has 1 heterocycles. The molecule has 0 radical (unpaired) electrons. The number of nitrogens with one attached hydrogen (secondary N) is 1. The maximum atomic E-state index is 11.8. The molecule has 0 aliphatic rings. The second kappa shape index (κ2) is 7.13. The van der Waals surface area contributed by atoms with E-state index in [0.29, 0.717) is 18.8 Å². The monoisotopic (exact) mass is 286 g/mol. The smallest absolute Gasteiger partial charge is 0.287 e. The lowest BCUT2D eigenvalue weighted by Crippen LogP contribution is -2.32. The molecule has 0 aliphatic heterocycles. The van der Waals surface area contributed by atoms with E-state index in [1.54, 1.807) is 11.9 Å². The SMILES string of the molecule is CCCn1ncc(NCC(=O)N(C)CC)c(Cl)c1=O. The van der Waals surface area contributed by atoms with Crippen molar-refractivity contribution in [1.29, 1.82) is 0 Å². The molecule has 0 fully saturated rings.